The van der Waals surface area contributed by atoms with Crippen molar-refractivity contribution >= 4 is 11.9 Å². The molecule has 0 aliphatic carbocycles. The normalized spacial score (nSPS) is 17.4. The summed E-state index contributed by atoms with van der Waals surface area (Å²) in [4.78, 5) is 24.2. The van der Waals surface area contributed by atoms with Crippen molar-refractivity contribution in [2.24, 2.45) is 0 Å². The van der Waals surface area contributed by atoms with E-state index in [1.54, 1.807) is 29.0 Å². The molecule has 1 fully saturated rings. The van der Waals surface area contributed by atoms with Crippen LogP contribution in [0.2, 0.25) is 0 Å². The number of hydrogen-bond acceptors (Lipinski definition) is 5. The molecule has 1 amide bonds. The average Bonchev–Trinajstić information content (AvgIpc) is 2.61. The molecule has 132 valence electrons. The van der Waals surface area contributed by atoms with Crippen molar-refractivity contribution in [1.82, 2.24) is 14.9 Å². The van der Waals surface area contributed by atoms with Crippen LogP contribution in [-0.2, 0) is 9.53 Å². The zero-order chi connectivity index (χ0) is 18.0. The number of anilines is 1. The first-order valence-corrected chi connectivity index (χ1v) is 8.13. The predicted octanol–water partition coefficient (Wildman–Crippen LogP) is 2.27. The monoisotopic (exact) mass is 344 g/mol. The predicted molar refractivity (Wildman–Crippen MR) is 92.7 cm³/mol. The van der Waals surface area contributed by atoms with E-state index in [1.807, 2.05) is 20.2 Å². The van der Waals surface area contributed by atoms with Gasteiger partial charge in [-0.05, 0) is 17.7 Å². The van der Waals surface area contributed by atoms with E-state index < -0.39 is 0 Å². The summed E-state index contributed by atoms with van der Waals surface area (Å²) in [7, 11) is 3.70. The maximum Gasteiger partial charge on any atom is 0.225 e. The molecule has 25 heavy (non-hydrogen) atoms. The molecule has 0 unspecified atom stereocenters. The number of halogens is 1. The molecule has 3 rings (SSSR count). The van der Waals surface area contributed by atoms with Crippen LogP contribution in [0.4, 0.5) is 10.3 Å². The number of hydrogen-bond donors (Lipinski definition) is 0. The molecule has 0 bridgehead atoms. The number of aromatic nitrogens is 2. The van der Waals surface area contributed by atoms with Gasteiger partial charge in [-0.15, -0.1) is 0 Å². The molecule has 7 heteroatoms. The molecule has 2 heterocycles. The smallest absolute Gasteiger partial charge is 0.225 e. The van der Waals surface area contributed by atoms with Crippen molar-refractivity contribution in [3.63, 3.8) is 0 Å². The lowest BCUT2D eigenvalue weighted by Gasteiger charge is -2.33. The molecular weight excluding hydrogens is 323 g/mol. The zero-order valence-electron chi connectivity index (χ0n) is 14.6. The number of carbonyl (C=O) groups is 1. The summed E-state index contributed by atoms with van der Waals surface area (Å²) < 4.78 is 19.5. The van der Waals surface area contributed by atoms with Gasteiger partial charge in [0.1, 0.15) is 11.9 Å². The van der Waals surface area contributed by atoms with Crippen molar-refractivity contribution in [3.05, 3.63) is 42.0 Å². The Labute approximate surface area is 146 Å². The summed E-state index contributed by atoms with van der Waals surface area (Å²) in [5, 5.41) is 0. The third kappa shape index (κ3) is 3.76. The van der Waals surface area contributed by atoms with Crippen LogP contribution in [0.3, 0.4) is 0 Å². The molecule has 1 aromatic heterocycles. The van der Waals surface area contributed by atoms with E-state index in [4.69, 9.17) is 4.74 Å². The molecule has 6 nitrogen and oxygen atoms in total. The van der Waals surface area contributed by atoms with Gasteiger partial charge in [0.25, 0.3) is 0 Å². The molecular formula is C18H21FN4O2. The minimum atomic E-state index is -0.377. The Morgan fingerprint density at radius 2 is 2.20 bits per heavy atom. The summed E-state index contributed by atoms with van der Waals surface area (Å²) in [6.45, 7) is 2.96. The van der Waals surface area contributed by atoms with Crippen LogP contribution in [0.5, 0.6) is 0 Å². The van der Waals surface area contributed by atoms with Crippen molar-refractivity contribution in [3.8, 4) is 11.1 Å². The van der Waals surface area contributed by atoms with Gasteiger partial charge in [0.15, 0.2) is 0 Å². The largest absolute Gasteiger partial charge is 0.368 e. The van der Waals surface area contributed by atoms with E-state index in [9.17, 15) is 9.18 Å². The molecule has 2 aromatic rings. The van der Waals surface area contributed by atoms with Crippen LogP contribution in [0.15, 0.2) is 30.5 Å². The lowest BCUT2D eigenvalue weighted by atomic mass is 10.0. The first kappa shape index (κ1) is 17.3. The van der Waals surface area contributed by atoms with Crippen molar-refractivity contribution in [1.29, 1.82) is 0 Å². The topological polar surface area (TPSA) is 58.6 Å². The molecule has 1 aliphatic rings. The quantitative estimate of drug-likeness (QED) is 0.855. The van der Waals surface area contributed by atoms with E-state index in [-0.39, 0.29) is 17.8 Å². The number of benzene rings is 1. The number of morpholine rings is 1. The second-order valence-corrected chi connectivity index (χ2v) is 6.20. The Balaban J connectivity index is 2.05. The molecule has 0 radical (unpaired) electrons. The van der Waals surface area contributed by atoms with Gasteiger partial charge in [-0.2, -0.15) is 0 Å². The van der Waals surface area contributed by atoms with E-state index >= 15 is 0 Å². The fraction of sp³-hybridized carbons (Fsp3) is 0.389. The summed E-state index contributed by atoms with van der Waals surface area (Å²) in [6.07, 6.45) is 1.31. The highest BCUT2D eigenvalue weighted by Gasteiger charge is 2.28. The van der Waals surface area contributed by atoms with Crippen molar-refractivity contribution < 1.29 is 13.9 Å². The third-order valence-corrected chi connectivity index (χ3v) is 4.16. The Morgan fingerprint density at radius 1 is 1.40 bits per heavy atom. The number of ether oxygens (including phenoxy) is 1. The van der Waals surface area contributed by atoms with Gasteiger partial charge in [0, 0.05) is 39.3 Å². The highest BCUT2D eigenvalue weighted by Crippen LogP contribution is 2.31. The number of nitrogens with zero attached hydrogens (tertiary/aromatic N) is 4. The molecule has 0 spiro atoms. The average molecular weight is 344 g/mol. The molecule has 1 aliphatic heterocycles. The first-order chi connectivity index (χ1) is 12.0. The first-order valence-electron chi connectivity index (χ1n) is 8.13. The van der Waals surface area contributed by atoms with Crippen molar-refractivity contribution in [2.45, 2.75) is 13.0 Å². The van der Waals surface area contributed by atoms with Crippen LogP contribution in [0.1, 0.15) is 18.7 Å². The lowest BCUT2D eigenvalue weighted by Crippen LogP contribution is -2.41. The molecule has 1 saturated heterocycles. The Bertz CT molecular complexity index is 781. The third-order valence-electron chi connectivity index (χ3n) is 4.16. The van der Waals surface area contributed by atoms with Gasteiger partial charge in [-0.1, -0.05) is 12.1 Å². The number of amides is 1. The van der Waals surface area contributed by atoms with Gasteiger partial charge >= 0.3 is 0 Å². The van der Waals surface area contributed by atoms with Gasteiger partial charge in [-0.25, -0.2) is 14.4 Å². The number of rotatable bonds is 3. The molecule has 0 saturated carbocycles. The molecule has 1 atom stereocenters. The summed E-state index contributed by atoms with van der Waals surface area (Å²) in [5.74, 6) is 0.219. The minimum absolute atomic E-state index is 0.00231. The van der Waals surface area contributed by atoms with E-state index in [1.165, 1.54) is 12.1 Å². The van der Waals surface area contributed by atoms with Gasteiger partial charge < -0.3 is 14.5 Å². The Morgan fingerprint density at radius 3 is 2.88 bits per heavy atom. The van der Waals surface area contributed by atoms with E-state index in [0.717, 1.165) is 0 Å². The van der Waals surface area contributed by atoms with Gasteiger partial charge in [0.05, 0.1) is 18.8 Å². The van der Waals surface area contributed by atoms with Crippen LogP contribution in [-0.4, -0.2) is 54.6 Å². The van der Waals surface area contributed by atoms with Crippen LogP contribution < -0.4 is 4.90 Å². The van der Waals surface area contributed by atoms with Crippen LogP contribution in [0, 0.1) is 5.82 Å². The Hall–Kier alpha value is -2.54. The summed E-state index contributed by atoms with van der Waals surface area (Å²) in [6, 6.07) is 6.31. The standard InChI is InChI=1S/C18H21FN4O2/c1-12(24)23-7-8-25-16(11-23)17-15(10-20-18(21-17)22(2)3)13-5-4-6-14(19)9-13/h4-6,9-10,16H,7-8,11H2,1-3H3/t16-/m0/s1. The maximum absolute atomic E-state index is 13.7. The minimum Gasteiger partial charge on any atom is -0.368 e. The van der Waals surface area contributed by atoms with Gasteiger partial charge in [0.2, 0.25) is 11.9 Å². The SMILES string of the molecule is CC(=O)N1CCO[C@H](c2nc(N(C)C)ncc2-c2cccc(F)c2)C1. The Kier molecular flexibility index (Phi) is 4.94. The fourth-order valence-corrected chi connectivity index (χ4v) is 2.83. The van der Waals surface area contributed by atoms with Crippen LogP contribution in [0.25, 0.3) is 11.1 Å². The summed E-state index contributed by atoms with van der Waals surface area (Å²) in [5.41, 5.74) is 2.06. The van der Waals surface area contributed by atoms with E-state index in [0.29, 0.717) is 42.5 Å². The second-order valence-electron chi connectivity index (χ2n) is 6.20. The van der Waals surface area contributed by atoms with Gasteiger partial charge in [-0.3, -0.25) is 4.79 Å². The fourth-order valence-electron chi connectivity index (χ4n) is 2.83. The number of carbonyl (C=O) groups excluding carboxylic acids is 1. The van der Waals surface area contributed by atoms with Crippen LogP contribution >= 0.6 is 0 Å². The zero-order valence-corrected chi connectivity index (χ0v) is 14.6. The lowest BCUT2D eigenvalue weighted by molar-refractivity contribution is -0.136. The van der Waals surface area contributed by atoms with Crippen molar-refractivity contribution in [2.75, 3.05) is 38.7 Å². The highest BCUT2D eigenvalue weighted by atomic mass is 19.1. The highest BCUT2D eigenvalue weighted by molar-refractivity contribution is 5.73. The molecule has 0 N–H and O–H groups in total. The van der Waals surface area contributed by atoms with E-state index in [2.05, 4.69) is 9.97 Å². The second kappa shape index (κ2) is 7.14. The molecule has 1 aromatic carbocycles. The maximum atomic E-state index is 13.7. The summed E-state index contributed by atoms with van der Waals surface area (Å²) >= 11 is 0.